The Morgan fingerprint density at radius 1 is 1.39 bits per heavy atom. The number of anilines is 1. The van der Waals surface area contributed by atoms with E-state index >= 15 is 0 Å². The SMILES string of the molecule is CCNCC(=O)Nc1ccc(OCCOC)nc1. The number of likely N-dealkylation sites (N-methyl/N-ethyl adjacent to an activating group) is 1. The Balaban J connectivity index is 2.37. The van der Waals surface area contributed by atoms with E-state index in [1.165, 1.54) is 0 Å². The van der Waals surface area contributed by atoms with Crippen molar-refractivity contribution in [3.05, 3.63) is 18.3 Å². The average molecular weight is 253 g/mol. The van der Waals surface area contributed by atoms with E-state index in [1.807, 2.05) is 6.92 Å². The highest BCUT2D eigenvalue weighted by molar-refractivity contribution is 5.92. The smallest absolute Gasteiger partial charge is 0.238 e. The maximum Gasteiger partial charge on any atom is 0.238 e. The van der Waals surface area contributed by atoms with Crippen molar-refractivity contribution in [2.75, 3.05) is 38.7 Å². The number of methoxy groups -OCH3 is 1. The molecule has 0 aliphatic carbocycles. The molecule has 0 radical (unpaired) electrons. The van der Waals surface area contributed by atoms with Gasteiger partial charge in [0.1, 0.15) is 6.61 Å². The molecule has 0 aliphatic heterocycles. The highest BCUT2D eigenvalue weighted by atomic mass is 16.5. The van der Waals surface area contributed by atoms with Crippen LogP contribution < -0.4 is 15.4 Å². The maximum atomic E-state index is 11.4. The Hall–Kier alpha value is -1.66. The van der Waals surface area contributed by atoms with E-state index in [4.69, 9.17) is 9.47 Å². The number of ether oxygens (including phenoxy) is 2. The molecule has 0 spiro atoms. The molecule has 18 heavy (non-hydrogen) atoms. The van der Waals surface area contributed by atoms with Crippen LogP contribution in [0.25, 0.3) is 0 Å². The lowest BCUT2D eigenvalue weighted by molar-refractivity contribution is -0.115. The van der Waals surface area contributed by atoms with Gasteiger partial charge in [-0.15, -0.1) is 0 Å². The third-order valence-corrected chi connectivity index (χ3v) is 2.09. The van der Waals surface area contributed by atoms with Gasteiger partial charge in [-0.3, -0.25) is 4.79 Å². The Labute approximate surface area is 107 Å². The summed E-state index contributed by atoms with van der Waals surface area (Å²) in [6.07, 6.45) is 1.56. The molecule has 6 nitrogen and oxygen atoms in total. The van der Waals surface area contributed by atoms with E-state index in [1.54, 1.807) is 25.4 Å². The summed E-state index contributed by atoms with van der Waals surface area (Å²) >= 11 is 0. The lowest BCUT2D eigenvalue weighted by atomic mass is 10.4. The van der Waals surface area contributed by atoms with Gasteiger partial charge in [0.15, 0.2) is 0 Å². The van der Waals surface area contributed by atoms with Crippen molar-refractivity contribution >= 4 is 11.6 Å². The molecule has 1 aromatic heterocycles. The number of nitrogens with zero attached hydrogens (tertiary/aromatic N) is 1. The predicted molar refractivity (Wildman–Crippen MR) is 68.8 cm³/mol. The second-order valence-corrected chi connectivity index (χ2v) is 3.55. The molecule has 0 aliphatic rings. The highest BCUT2D eigenvalue weighted by Crippen LogP contribution is 2.11. The molecule has 2 N–H and O–H groups in total. The van der Waals surface area contributed by atoms with Crippen LogP contribution >= 0.6 is 0 Å². The number of hydrogen-bond acceptors (Lipinski definition) is 5. The summed E-state index contributed by atoms with van der Waals surface area (Å²) in [6.45, 7) is 3.97. The van der Waals surface area contributed by atoms with Crippen LogP contribution in [-0.4, -0.2) is 44.3 Å². The first-order chi connectivity index (χ1) is 8.76. The summed E-state index contributed by atoms with van der Waals surface area (Å²) < 4.78 is 10.2. The van der Waals surface area contributed by atoms with Gasteiger partial charge in [-0.25, -0.2) is 4.98 Å². The molecule has 0 atom stereocenters. The Morgan fingerprint density at radius 3 is 2.83 bits per heavy atom. The third-order valence-electron chi connectivity index (χ3n) is 2.09. The summed E-state index contributed by atoms with van der Waals surface area (Å²) in [4.78, 5) is 15.5. The van der Waals surface area contributed by atoms with Crippen molar-refractivity contribution in [3.8, 4) is 5.88 Å². The van der Waals surface area contributed by atoms with Crippen LogP contribution in [0.1, 0.15) is 6.92 Å². The zero-order valence-corrected chi connectivity index (χ0v) is 10.7. The number of nitrogens with one attached hydrogen (secondary N) is 2. The van der Waals surface area contributed by atoms with Gasteiger partial charge in [0.25, 0.3) is 0 Å². The second-order valence-electron chi connectivity index (χ2n) is 3.55. The van der Waals surface area contributed by atoms with Gasteiger partial charge in [0.05, 0.1) is 25.0 Å². The fourth-order valence-electron chi connectivity index (χ4n) is 1.21. The average Bonchev–Trinajstić information content (AvgIpc) is 2.39. The van der Waals surface area contributed by atoms with E-state index in [2.05, 4.69) is 15.6 Å². The largest absolute Gasteiger partial charge is 0.475 e. The number of amides is 1. The first-order valence-corrected chi connectivity index (χ1v) is 5.84. The molecular formula is C12H19N3O3. The first-order valence-electron chi connectivity index (χ1n) is 5.84. The van der Waals surface area contributed by atoms with Crippen LogP contribution in [0.2, 0.25) is 0 Å². The van der Waals surface area contributed by atoms with Gasteiger partial charge >= 0.3 is 0 Å². The van der Waals surface area contributed by atoms with Gasteiger partial charge in [0.2, 0.25) is 11.8 Å². The van der Waals surface area contributed by atoms with Crippen LogP contribution in [-0.2, 0) is 9.53 Å². The topological polar surface area (TPSA) is 72.5 Å². The number of carbonyl (C=O) groups excluding carboxylic acids is 1. The van der Waals surface area contributed by atoms with Gasteiger partial charge in [-0.1, -0.05) is 6.92 Å². The van der Waals surface area contributed by atoms with Crippen LogP contribution in [0.5, 0.6) is 5.88 Å². The van der Waals surface area contributed by atoms with Crippen molar-refractivity contribution in [2.24, 2.45) is 0 Å². The lowest BCUT2D eigenvalue weighted by Crippen LogP contribution is -2.27. The summed E-state index contributed by atoms with van der Waals surface area (Å²) in [6, 6.07) is 3.46. The molecule has 1 heterocycles. The van der Waals surface area contributed by atoms with Gasteiger partial charge < -0.3 is 20.1 Å². The van der Waals surface area contributed by atoms with Crippen molar-refractivity contribution in [1.82, 2.24) is 10.3 Å². The van der Waals surface area contributed by atoms with Crippen molar-refractivity contribution in [1.29, 1.82) is 0 Å². The zero-order valence-electron chi connectivity index (χ0n) is 10.7. The fourth-order valence-corrected chi connectivity index (χ4v) is 1.21. The quantitative estimate of drug-likeness (QED) is 0.666. The predicted octanol–water partition coefficient (Wildman–Crippen LogP) is 0.655. The first kappa shape index (κ1) is 14.4. The van der Waals surface area contributed by atoms with Gasteiger partial charge in [-0.05, 0) is 12.6 Å². The number of hydrogen-bond donors (Lipinski definition) is 2. The molecule has 0 fully saturated rings. The summed E-state index contributed by atoms with van der Waals surface area (Å²) in [5.74, 6) is 0.420. The summed E-state index contributed by atoms with van der Waals surface area (Å²) in [5.41, 5.74) is 0.650. The number of pyridine rings is 1. The monoisotopic (exact) mass is 253 g/mol. The summed E-state index contributed by atoms with van der Waals surface area (Å²) in [7, 11) is 1.61. The minimum atomic E-state index is -0.0910. The van der Waals surface area contributed by atoms with Crippen LogP contribution in [0.3, 0.4) is 0 Å². The van der Waals surface area contributed by atoms with E-state index in [-0.39, 0.29) is 5.91 Å². The molecule has 0 saturated carbocycles. The Bertz CT molecular complexity index is 354. The molecule has 1 amide bonds. The molecule has 0 saturated heterocycles. The van der Waals surface area contributed by atoms with E-state index in [9.17, 15) is 4.79 Å². The molecule has 100 valence electrons. The Kier molecular flexibility index (Phi) is 6.75. The lowest BCUT2D eigenvalue weighted by Gasteiger charge is -2.07. The van der Waals surface area contributed by atoms with Crippen molar-refractivity contribution in [3.63, 3.8) is 0 Å². The standard InChI is InChI=1S/C12H19N3O3/c1-3-13-9-11(16)15-10-4-5-12(14-8-10)18-7-6-17-2/h4-5,8,13H,3,6-7,9H2,1-2H3,(H,15,16). The highest BCUT2D eigenvalue weighted by Gasteiger charge is 2.02. The van der Waals surface area contributed by atoms with E-state index in [0.29, 0.717) is 31.3 Å². The normalized spacial score (nSPS) is 10.1. The van der Waals surface area contributed by atoms with Gasteiger partial charge in [0, 0.05) is 13.2 Å². The fraction of sp³-hybridized carbons (Fsp3) is 0.500. The third kappa shape index (κ3) is 5.60. The molecule has 0 bridgehead atoms. The van der Waals surface area contributed by atoms with Crippen molar-refractivity contribution < 1.29 is 14.3 Å². The Morgan fingerprint density at radius 2 is 2.22 bits per heavy atom. The summed E-state index contributed by atoms with van der Waals surface area (Å²) in [5, 5.41) is 5.67. The van der Waals surface area contributed by atoms with Crippen LogP contribution in [0.4, 0.5) is 5.69 Å². The maximum absolute atomic E-state index is 11.4. The number of carbonyl (C=O) groups is 1. The molecule has 1 rings (SSSR count). The molecule has 0 aromatic carbocycles. The molecule has 1 aromatic rings. The van der Waals surface area contributed by atoms with Gasteiger partial charge in [-0.2, -0.15) is 0 Å². The minimum absolute atomic E-state index is 0.0910. The number of rotatable bonds is 8. The molecule has 6 heteroatoms. The molecular weight excluding hydrogens is 234 g/mol. The minimum Gasteiger partial charge on any atom is -0.475 e. The number of aromatic nitrogens is 1. The zero-order chi connectivity index (χ0) is 13.2. The van der Waals surface area contributed by atoms with Crippen LogP contribution in [0.15, 0.2) is 18.3 Å². The molecule has 0 unspecified atom stereocenters. The van der Waals surface area contributed by atoms with Crippen molar-refractivity contribution in [2.45, 2.75) is 6.92 Å². The van der Waals surface area contributed by atoms with E-state index in [0.717, 1.165) is 6.54 Å². The van der Waals surface area contributed by atoms with Crippen LogP contribution in [0, 0.1) is 0 Å². The second kappa shape index (κ2) is 8.43. The van der Waals surface area contributed by atoms with E-state index < -0.39 is 0 Å².